The van der Waals surface area contributed by atoms with Crippen molar-refractivity contribution in [2.24, 2.45) is 0 Å². The minimum Gasteiger partial charge on any atom is -0.295 e. The van der Waals surface area contributed by atoms with E-state index in [0.29, 0.717) is 0 Å². The van der Waals surface area contributed by atoms with Crippen LogP contribution in [-0.2, 0) is 0 Å². The van der Waals surface area contributed by atoms with Crippen molar-refractivity contribution in [3.05, 3.63) is 35.9 Å². The third kappa shape index (κ3) is 1.79. The molecule has 3 N–H and O–H groups in total. The topological polar surface area (TPSA) is 72.8 Å². The highest BCUT2D eigenvalue weighted by molar-refractivity contribution is 5.92. The molecule has 0 unspecified atom stereocenters. The number of hydroxylamine groups is 1. The van der Waals surface area contributed by atoms with E-state index in [4.69, 9.17) is 10.4 Å². The summed E-state index contributed by atoms with van der Waals surface area (Å²) in [7, 11) is 0. The summed E-state index contributed by atoms with van der Waals surface area (Å²) in [6, 6.07) is 8.08. The van der Waals surface area contributed by atoms with E-state index in [0.717, 1.165) is 0 Å². The van der Waals surface area contributed by atoms with Crippen LogP contribution in [0.5, 0.6) is 0 Å². The standard InChI is InChI=1S/C7H8N2O3/c10-7(9(12)8-11)6-4-2-1-3-5-6/h1-5,8,11-12H. The van der Waals surface area contributed by atoms with E-state index in [-0.39, 0.29) is 10.7 Å². The van der Waals surface area contributed by atoms with Crippen molar-refractivity contribution in [1.29, 1.82) is 0 Å². The van der Waals surface area contributed by atoms with Gasteiger partial charge in [-0.3, -0.25) is 15.2 Å². The highest BCUT2D eigenvalue weighted by Gasteiger charge is 2.10. The fourth-order valence-electron chi connectivity index (χ4n) is 0.748. The van der Waals surface area contributed by atoms with Gasteiger partial charge in [0.1, 0.15) is 0 Å². The van der Waals surface area contributed by atoms with E-state index in [9.17, 15) is 4.79 Å². The van der Waals surface area contributed by atoms with Crippen LogP contribution in [0.25, 0.3) is 0 Å². The molecule has 0 heterocycles. The Labute approximate surface area is 68.7 Å². The van der Waals surface area contributed by atoms with Crippen molar-refractivity contribution >= 4 is 5.91 Å². The molecule has 1 aromatic rings. The Bertz CT molecular complexity index is 263. The Morgan fingerprint density at radius 2 is 1.92 bits per heavy atom. The van der Waals surface area contributed by atoms with E-state index < -0.39 is 5.91 Å². The molecule has 0 saturated heterocycles. The lowest BCUT2D eigenvalue weighted by atomic mass is 10.2. The van der Waals surface area contributed by atoms with Gasteiger partial charge in [0.25, 0.3) is 5.91 Å². The predicted molar refractivity (Wildman–Crippen MR) is 39.3 cm³/mol. The van der Waals surface area contributed by atoms with Crippen molar-refractivity contribution in [3.8, 4) is 0 Å². The lowest BCUT2D eigenvalue weighted by Gasteiger charge is -2.10. The normalized spacial score (nSPS) is 9.50. The van der Waals surface area contributed by atoms with E-state index >= 15 is 0 Å². The van der Waals surface area contributed by atoms with Gasteiger partial charge < -0.3 is 0 Å². The van der Waals surface area contributed by atoms with E-state index in [1.165, 1.54) is 17.7 Å². The van der Waals surface area contributed by atoms with Crippen molar-refractivity contribution in [3.63, 3.8) is 0 Å². The molecule has 64 valence electrons. The van der Waals surface area contributed by atoms with Gasteiger partial charge in [0, 0.05) is 5.56 Å². The summed E-state index contributed by atoms with van der Waals surface area (Å²) in [5.41, 5.74) is 1.58. The smallest absolute Gasteiger partial charge is 0.294 e. The number of carbonyl (C=O) groups excluding carboxylic acids is 1. The second-order valence-corrected chi connectivity index (χ2v) is 2.08. The third-order valence-corrected chi connectivity index (χ3v) is 1.31. The maximum absolute atomic E-state index is 11.0. The van der Waals surface area contributed by atoms with Crippen molar-refractivity contribution in [2.75, 3.05) is 0 Å². The molecule has 0 fully saturated rings. The number of amides is 1. The third-order valence-electron chi connectivity index (χ3n) is 1.31. The first kappa shape index (κ1) is 8.66. The summed E-state index contributed by atoms with van der Waals surface area (Å²) >= 11 is 0. The molecular formula is C7H8N2O3. The van der Waals surface area contributed by atoms with Crippen LogP contribution in [0, 0.1) is 0 Å². The molecule has 0 aliphatic carbocycles. The van der Waals surface area contributed by atoms with Gasteiger partial charge in [0.05, 0.1) is 0 Å². The number of nitrogens with one attached hydrogen (secondary N) is 1. The minimum atomic E-state index is -0.724. The van der Waals surface area contributed by atoms with Crippen LogP contribution in [0.1, 0.15) is 10.4 Å². The van der Waals surface area contributed by atoms with Crippen molar-refractivity contribution in [2.45, 2.75) is 0 Å². The Hall–Kier alpha value is -1.43. The SMILES string of the molecule is O=C(c1ccccc1)N(O)NO. The van der Waals surface area contributed by atoms with Crippen LogP contribution >= 0.6 is 0 Å². The first-order valence-corrected chi connectivity index (χ1v) is 3.24. The van der Waals surface area contributed by atoms with Crippen molar-refractivity contribution < 1.29 is 15.2 Å². The Morgan fingerprint density at radius 3 is 2.42 bits per heavy atom. The summed E-state index contributed by atoms with van der Waals surface area (Å²) in [5.74, 6) is -0.724. The number of benzene rings is 1. The summed E-state index contributed by atoms with van der Waals surface area (Å²) in [5, 5.41) is 16.9. The van der Waals surface area contributed by atoms with Gasteiger partial charge in [-0.25, -0.2) is 0 Å². The number of hydrazine groups is 1. The van der Waals surface area contributed by atoms with Crippen LogP contribution in [0.2, 0.25) is 0 Å². The summed E-state index contributed by atoms with van der Waals surface area (Å²) < 4.78 is 0. The lowest BCUT2D eigenvalue weighted by Crippen LogP contribution is -2.37. The van der Waals surface area contributed by atoms with E-state index in [1.54, 1.807) is 18.2 Å². The molecule has 0 aromatic heterocycles. The van der Waals surface area contributed by atoms with Gasteiger partial charge in [-0.05, 0) is 12.1 Å². The zero-order chi connectivity index (χ0) is 8.97. The fraction of sp³-hybridized carbons (Fsp3) is 0. The molecular weight excluding hydrogens is 160 g/mol. The average Bonchev–Trinajstić information content (AvgIpc) is 2.17. The maximum atomic E-state index is 11.0. The van der Waals surface area contributed by atoms with Crippen LogP contribution in [0.3, 0.4) is 0 Å². The zero-order valence-corrected chi connectivity index (χ0v) is 6.14. The van der Waals surface area contributed by atoms with Crippen molar-refractivity contribution in [1.82, 2.24) is 10.8 Å². The molecule has 5 nitrogen and oxygen atoms in total. The lowest BCUT2D eigenvalue weighted by molar-refractivity contribution is -0.176. The number of hydrogen-bond donors (Lipinski definition) is 3. The summed E-state index contributed by atoms with van der Waals surface area (Å²) in [4.78, 5) is 11.0. The van der Waals surface area contributed by atoms with Crippen LogP contribution < -0.4 is 5.59 Å². The molecule has 0 aliphatic heterocycles. The molecule has 0 saturated carbocycles. The largest absolute Gasteiger partial charge is 0.295 e. The van der Waals surface area contributed by atoms with Gasteiger partial charge in [-0.2, -0.15) is 0 Å². The Morgan fingerprint density at radius 1 is 1.33 bits per heavy atom. The highest BCUT2D eigenvalue weighted by atomic mass is 16.7. The Kier molecular flexibility index (Phi) is 2.76. The molecule has 1 amide bonds. The van der Waals surface area contributed by atoms with Crippen LogP contribution in [0.15, 0.2) is 30.3 Å². The molecule has 1 aromatic carbocycles. The van der Waals surface area contributed by atoms with Crippen LogP contribution in [0.4, 0.5) is 0 Å². The first-order chi connectivity index (χ1) is 5.75. The zero-order valence-electron chi connectivity index (χ0n) is 6.14. The number of hydrogen-bond acceptors (Lipinski definition) is 4. The maximum Gasteiger partial charge on any atom is 0.294 e. The summed E-state index contributed by atoms with van der Waals surface area (Å²) in [6.45, 7) is 0. The molecule has 5 heteroatoms. The molecule has 0 radical (unpaired) electrons. The molecule has 0 aliphatic rings. The summed E-state index contributed by atoms with van der Waals surface area (Å²) in [6.07, 6.45) is 0. The molecule has 0 atom stereocenters. The number of rotatable bonds is 2. The van der Waals surface area contributed by atoms with E-state index in [1.807, 2.05) is 0 Å². The molecule has 1 rings (SSSR count). The van der Waals surface area contributed by atoms with Gasteiger partial charge in [0.2, 0.25) is 0 Å². The fourth-order valence-corrected chi connectivity index (χ4v) is 0.748. The van der Waals surface area contributed by atoms with Gasteiger partial charge in [0.15, 0.2) is 0 Å². The van der Waals surface area contributed by atoms with Gasteiger partial charge >= 0.3 is 0 Å². The minimum absolute atomic E-state index is 0.00463. The Balaban J connectivity index is 2.79. The molecule has 0 bridgehead atoms. The van der Waals surface area contributed by atoms with E-state index in [2.05, 4.69) is 0 Å². The first-order valence-electron chi connectivity index (χ1n) is 3.24. The predicted octanol–water partition coefficient (Wildman–Crippen LogP) is 0.412. The second kappa shape index (κ2) is 3.82. The van der Waals surface area contributed by atoms with Gasteiger partial charge in [-0.1, -0.05) is 23.8 Å². The molecule has 0 spiro atoms. The monoisotopic (exact) mass is 168 g/mol. The highest BCUT2D eigenvalue weighted by Crippen LogP contribution is 2.00. The van der Waals surface area contributed by atoms with Gasteiger partial charge in [-0.15, -0.1) is 5.17 Å². The number of nitrogens with zero attached hydrogens (tertiary/aromatic N) is 1. The second-order valence-electron chi connectivity index (χ2n) is 2.08. The van der Waals surface area contributed by atoms with Crippen LogP contribution in [-0.4, -0.2) is 21.5 Å². The quantitative estimate of drug-likeness (QED) is 0.441. The average molecular weight is 168 g/mol. The number of carbonyl (C=O) groups is 1. The molecule has 12 heavy (non-hydrogen) atoms.